The van der Waals surface area contributed by atoms with Gasteiger partial charge in [0, 0.05) is 37.2 Å². The Hall–Kier alpha value is -1.24. The molecular weight excluding hydrogens is 399 g/mol. The average molecular weight is 426 g/mol. The minimum absolute atomic E-state index is 0. The van der Waals surface area contributed by atoms with Crippen LogP contribution >= 0.6 is 24.0 Å². The number of aromatic amines is 1. The molecule has 0 saturated heterocycles. The molecule has 0 aliphatic heterocycles. The number of benzene rings is 1. The lowest BCUT2D eigenvalue weighted by molar-refractivity contribution is 0.684. The predicted molar refractivity (Wildman–Crippen MR) is 109 cm³/mol. The van der Waals surface area contributed by atoms with Gasteiger partial charge in [-0.2, -0.15) is 0 Å². The number of hydrogen-bond donors (Lipinski definition) is 3. The normalized spacial score (nSPS) is 14.6. The maximum absolute atomic E-state index is 4.29. The molecular formula is C18H27IN4. The molecule has 0 unspecified atom stereocenters. The summed E-state index contributed by atoms with van der Waals surface area (Å²) in [5.74, 6) is 1.87. The van der Waals surface area contributed by atoms with E-state index in [0.717, 1.165) is 31.4 Å². The summed E-state index contributed by atoms with van der Waals surface area (Å²) in [6.07, 6.45) is 7.21. The van der Waals surface area contributed by atoms with E-state index in [1.807, 2.05) is 7.05 Å². The molecule has 0 radical (unpaired) electrons. The Balaban J connectivity index is 0.00000192. The van der Waals surface area contributed by atoms with Gasteiger partial charge in [0.1, 0.15) is 0 Å². The molecule has 1 saturated carbocycles. The number of aryl methyl sites for hydroxylation is 1. The molecule has 1 aromatic carbocycles. The van der Waals surface area contributed by atoms with Crippen LogP contribution in [0.15, 0.2) is 29.4 Å². The van der Waals surface area contributed by atoms with Crippen LogP contribution in [0.2, 0.25) is 0 Å². The fourth-order valence-corrected chi connectivity index (χ4v) is 2.99. The number of H-pyrrole nitrogens is 1. The van der Waals surface area contributed by atoms with Crippen LogP contribution in [0, 0.1) is 12.8 Å². The van der Waals surface area contributed by atoms with E-state index in [1.54, 1.807) is 0 Å². The van der Waals surface area contributed by atoms with E-state index in [9.17, 15) is 0 Å². The first-order valence-electron chi connectivity index (χ1n) is 8.28. The quantitative estimate of drug-likeness (QED) is 0.376. The summed E-state index contributed by atoms with van der Waals surface area (Å²) in [5.41, 5.74) is 3.93. The van der Waals surface area contributed by atoms with Gasteiger partial charge in [-0.3, -0.25) is 4.99 Å². The second-order valence-electron chi connectivity index (χ2n) is 6.22. The van der Waals surface area contributed by atoms with Gasteiger partial charge in [-0.15, -0.1) is 24.0 Å². The summed E-state index contributed by atoms with van der Waals surface area (Å²) < 4.78 is 0. The summed E-state index contributed by atoms with van der Waals surface area (Å²) >= 11 is 0. The van der Waals surface area contributed by atoms with E-state index in [2.05, 4.69) is 51.9 Å². The topological polar surface area (TPSA) is 52.2 Å². The van der Waals surface area contributed by atoms with Crippen molar-refractivity contribution in [1.29, 1.82) is 0 Å². The van der Waals surface area contributed by atoms with Crippen LogP contribution in [0.3, 0.4) is 0 Å². The molecule has 0 spiro atoms. The Kier molecular flexibility index (Phi) is 6.74. The first-order valence-corrected chi connectivity index (χ1v) is 8.28. The Morgan fingerprint density at radius 1 is 1.26 bits per heavy atom. The van der Waals surface area contributed by atoms with E-state index >= 15 is 0 Å². The summed E-state index contributed by atoms with van der Waals surface area (Å²) in [4.78, 5) is 7.65. The van der Waals surface area contributed by atoms with Crippen LogP contribution in [-0.4, -0.2) is 31.1 Å². The summed E-state index contributed by atoms with van der Waals surface area (Å²) in [7, 11) is 1.84. The van der Waals surface area contributed by atoms with E-state index in [4.69, 9.17) is 0 Å². The van der Waals surface area contributed by atoms with Crippen molar-refractivity contribution in [2.24, 2.45) is 10.9 Å². The fraction of sp³-hybridized carbons (Fsp3) is 0.500. The third kappa shape index (κ3) is 4.86. The molecule has 1 fully saturated rings. The van der Waals surface area contributed by atoms with Gasteiger partial charge in [0.15, 0.2) is 5.96 Å². The number of aromatic nitrogens is 1. The van der Waals surface area contributed by atoms with Crippen LogP contribution in [0.1, 0.15) is 30.4 Å². The van der Waals surface area contributed by atoms with Crippen molar-refractivity contribution >= 4 is 40.8 Å². The van der Waals surface area contributed by atoms with Crippen LogP contribution in [-0.2, 0) is 6.42 Å². The number of hydrogen-bond acceptors (Lipinski definition) is 1. The Bertz CT molecular complexity index is 658. The largest absolute Gasteiger partial charge is 0.361 e. The Labute approximate surface area is 155 Å². The van der Waals surface area contributed by atoms with Gasteiger partial charge in [0.05, 0.1) is 0 Å². The molecule has 0 amide bonds. The van der Waals surface area contributed by atoms with Crippen molar-refractivity contribution < 1.29 is 0 Å². The molecule has 23 heavy (non-hydrogen) atoms. The monoisotopic (exact) mass is 426 g/mol. The molecule has 1 aliphatic rings. The Morgan fingerprint density at radius 3 is 2.78 bits per heavy atom. The summed E-state index contributed by atoms with van der Waals surface area (Å²) in [6.45, 7) is 4.09. The molecule has 3 rings (SSSR count). The van der Waals surface area contributed by atoms with Gasteiger partial charge < -0.3 is 15.6 Å². The van der Waals surface area contributed by atoms with Gasteiger partial charge >= 0.3 is 0 Å². The van der Waals surface area contributed by atoms with Crippen LogP contribution in [0.4, 0.5) is 0 Å². The molecule has 1 heterocycles. The molecule has 1 aromatic heterocycles. The highest BCUT2D eigenvalue weighted by Crippen LogP contribution is 2.31. The van der Waals surface area contributed by atoms with E-state index in [-0.39, 0.29) is 24.0 Å². The highest BCUT2D eigenvalue weighted by Gasteiger charge is 2.20. The number of halogens is 1. The number of nitrogens with zero attached hydrogens (tertiary/aromatic N) is 1. The van der Waals surface area contributed by atoms with Gasteiger partial charge in [0.2, 0.25) is 0 Å². The molecule has 0 atom stereocenters. The van der Waals surface area contributed by atoms with Crippen LogP contribution in [0.5, 0.6) is 0 Å². The highest BCUT2D eigenvalue weighted by atomic mass is 127. The first kappa shape index (κ1) is 18.1. The number of nitrogens with one attached hydrogen (secondary N) is 3. The minimum Gasteiger partial charge on any atom is -0.361 e. The molecule has 3 N–H and O–H groups in total. The second kappa shape index (κ2) is 8.57. The lowest BCUT2D eigenvalue weighted by atomic mass is 10.1. The van der Waals surface area contributed by atoms with Gasteiger partial charge in [-0.25, -0.2) is 0 Å². The van der Waals surface area contributed by atoms with Crippen molar-refractivity contribution in [3.63, 3.8) is 0 Å². The Morgan fingerprint density at radius 2 is 2.04 bits per heavy atom. The van der Waals surface area contributed by atoms with Gasteiger partial charge in [-0.05, 0) is 42.9 Å². The zero-order valence-corrected chi connectivity index (χ0v) is 16.3. The zero-order chi connectivity index (χ0) is 15.4. The van der Waals surface area contributed by atoms with Gasteiger partial charge in [0.25, 0.3) is 0 Å². The molecule has 5 heteroatoms. The van der Waals surface area contributed by atoms with Crippen molar-refractivity contribution in [1.82, 2.24) is 15.6 Å². The number of fused-ring (bicyclic) bond motifs is 1. The lowest BCUT2D eigenvalue weighted by Crippen LogP contribution is -2.38. The number of rotatable bonds is 6. The molecule has 4 nitrogen and oxygen atoms in total. The third-order valence-electron chi connectivity index (χ3n) is 4.45. The molecule has 2 aromatic rings. The van der Waals surface area contributed by atoms with Crippen molar-refractivity contribution in [2.45, 2.75) is 32.6 Å². The van der Waals surface area contributed by atoms with Crippen molar-refractivity contribution in [3.05, 3.63) is 35.5 Å². The van der Waals surface area contributed by atoms with E-state index < -0.39 is 0 Å². The van der Waals surface area contributed by atoms with E-state index in [1.165, 1.54) is 41.3 Å². The maximum Gasteiger partial charge on any atom is 0.190 e. The smallest absolute Gasteiger partial charge is 0.190 e. The predicted octanol–water partition coefficient (Wildman–Crippen LogP) is 3.60. The standard InChI is InChI=1S/C18H26N4.HI/c1-13-4-3-5-16-17(13)15(12-22-16)9-11-21-18(19-2)20-10-8-14-6-7-14;/h3-5,12,14,22H,6-11H2,1-2H3,(H2,19,20,21);1H. The van der Waals surface area contributed by atoms with Crippen LogP contribution in [0.25, 0.3) is 10.9 Å². The van der Waals surface area contributed by atoms with Crippen molar-refractivity contribution in [3.8, 4) is 0 Å². The number of aliphatic imine (C=N–C) groups is 1. The zero-order valence-electron chi connectivity index (χ0n) is 14.0. The van der Waals surface area contributed by atoms with Gasteiger partial charge in [-0.1, -0.05) is 25.0 Å². The second-order valence-corrected chi connectivity index (χ2v) is 6.22. The molecule has 1 aliphatic carbocycles. The minimum atomic E-state index is 0. The highest BCUT2D eigenvalue weighted by molar-refractivity contribution is 14.0. The molecule has 126 valence electrons. The lowest BCUT2D eigenvalue weighted by Gasteiger charge is -2.11. The average Bonchev–Trinajstić information content (AvgIpc) is 3.25. The fourth-order valence-electron chi connectivity index (χ4n) is 2.99. The molecule has 0 bridgehead atoms. The first-order chi connectivity index (χ1) is 10.8. The maximum atomic E-state index is 4.29. The third-order valence-corrected chi connectivity index (χ3v) is 4.45. The summed E-state index contributed by atoms with van der Waals surface area (Å²) in [5, 5.41) is 8.17. The van der Waals surface area contributed by atoms with Crippen LogP contribution < -0.4 is 10.6 Å². The van der Waals surface area contributed by atoms with Crippen molar-refractivity contribution in [2.75, 3.05) is 20.1 Å². The number of guanidine groups is 1. The summed E-state index contributed by atoms with van der Waals surface area (Å²) in [6, 6.07) is 6.41. The SMILES string of the molecule is CN=C(NCCc1c[nH]c2cccc(C)c12)NCCC1CC1.I. The van der Waals surface area contributed by atoms with E-state index in [0.29, 0.717) is 0 Å².